The summed E-state index contributed by atoms with van der Waals surface area (Å²) in [5.74, 6) is 0.738. The maximum Gasteiger partial charge on any atom is 0.318 e. The molecule has 9 nitrogen and oxygen atoms in total. The van der Waals surface area contributed by atoms with E-state index in [0.29, 0.717) is 37.7 Å². The molecule has 2 unspecified atom stereocenters. The number of para-hydroxylation sites is 1. The number of urea groups is 1. The lowest BCUT2D eigenvalue weighted by molar-refractivity contribution is -0.121. The fourth-order valence-corrected chi connectivity index (χ4v) is 6.88. The van der Waals surface area contributed by atoms with Crippen molar-refractivity contribution in [1.29, 1.82) is 0 Å². The van der Waals surface area contributed by atoms with Crippen molar-refractivity contribution in [3.05, 3.63) is 89.2 Å². The maximum absolute atomic E-state index is 14.7. The SMILES string of the molecule is CC(c1c[nH]c2ccccc12)C(NC(=O)N1CCN(c2ccccn2)CC1)C(=O)N1C[C@@H](CN(C)C)Cc2cc(Cl)ccc21. The Morgan fingerprint density at radius 3 is 2.59 bits per heavy atom. The smallest absolute Gasteiger partial charge is 0.318 e. The number of fused-ring (bicyclic) bond motifs is 2. The van der Waals surface area contributed by atoms with Crippen LogP contribution in [-0.4, -0.2) is 91.1 Å². The van der Waals surface area contributed by atoms with Gasteiger partial charge in [0, 0.05) is 79.2 Å². The van der Waals surface area contributed by atoms with E-state index in [2.05, 4.69) is 45.2 Å². The quantitative estimate of drug-likeness (QED) is 0.307. The summed E-state index contributed by atoms with van der Waals surface area (Å²) in [6.45, 7) is 5.87. The van der Waals surface area contributed by atoms with Crippen LogP contribution in [0.1, 0.15) is 24.0 Å². The van der Waals surface area contributed by atoms with Crippen molar-refractivity contribution in [3.63, 3.8) is 0 Å². The molecule has 0 spiro atoms. The normalized spacial score (nSPS) is 18.3. The summed E-state index contributed by atoms with van der Waals surface area (Å²) in [5, 5.41) is 4.90. The Kier molecular flexibility index (Phi) is 8.77. The molecule has 1 fully saturated rings. The monoisotopic (exact) mass is 613 g/mol. The molecule has 2 N–H and O–H groups in total. The molecule has 230 valence electrons. The van der Waals surface area contributed by atoms with E-state index >= 15 is 0 Å². The molecule has 6 rings (SSSR count). The number of anilines is 2. The zero-order valence-corrected chi connectivity index (χ0v) is 26.3. The molecule has 3 atom stereocenters. The van der Waals surface area contributed by atoms with Crippen molar-refractivity contribution in [2.75, 3.05) is 63.2 Å². The summed E-state index contributed by atoms with van der Waals surface area (Å²) in [7, 11) is 4.10. The van der Waals surface area contributed by atoms with Crippen molar-refractivity contribution < 1.29 is 9.59 Å². The van der Waals surface area contributed by atoms with Gasteiger partial charge in [-0.1, -0.05) is 42.8 Å². The minimum atomic E-state index is -0.780. The van der Waals surface area contributed by atoms with Crippen molar-refractivity contribution in [3.8, 4) is 0 Å². The largest absolute Gasteiger partial charge is 0.361 e. The van der Waals surface area contributed by atoms with Gasteiger partial charge in [0.25, 0.3) is 0 Å². The number of benzene rings is 2. The second-order valence-electron chi connectivity index (χ2n) is 12.2. The van der Waals surface area contributed by atoms with E-state index in [1.165, 1.54) is 0 Å². The fraction of sp³-hybridized carbons (Fsp3) is 0.382. The van der Waals surface area contributed by atoms with Gasteiger partial charge in [0.1, 0.15) is 11.9 Å². The maximum atomic E-state index is 14.7. The van der Waals surface area contributed by atoms with Gasteiger partial charge in [-0.3, -0.25) is 4.79 Å². The van der Waals surface area contributed by atoms with Gasteiger partial charge >= 0.3 is 6.03 Å². The molecule has 0 radical (unpaired) electrons. The van der Waals surface area contributed by atoms with E-state index in [0.717, 1.165) is 46.5 Å². The number of pyridine rings is 1. The fourth-order valence-electron chi connectivity index (χ4n) is 6.68. The number of aromatic amines is 1. The first-order valence-electron chi connectivity index (χ1n) is 15.3. The molecule has 2 aromatic carbocycles. The van der Waals surface area contributed by atoms with E-state index in [1.54, 1.807) is 11.1 Å². The minimum absolute atomic E-state index is 0.115. The first-order valence-corrected chi connectivity index (χ1v) is 15.7. The number of carbonyl (C=O) groups excluding carboxylic acids is 2. The van der Waals surface area contributed by atoms with Crippen molar-refractivity contribution >= 4 is 45.9 Å². The second kappa shape index (κ2) is 12.9. The third kappa shape index (κ3) is 6.25. The van der Waals surface area contributed by atoms with Gasteiger partial charge in [-0.25, -0.2) is 9.78 Å². The highest BCUT2D eigenvalue weighted by Crippen LogP contribution is 2.35. The number of piperazine rings is 1. The molecule has 2 aliphatic heterocycles. The zero-order chi connectivity index (χ0) is 30.8. The van der Waals surface area contributed by atoms with E-state index < -0.39 is 6.04 Å². The number of halogens is 1. The standard InChI is InChI=1S/C34H40ClN7O2/c1-23(28-20-37-29-9-5-4-8-27(28)29)32(38-34(44)41-16-14-40(15-17-41)31-10-6-7-13-36-31)33(43)42-22-24(21-39(2)3)18-25-19-26(35)11-12-30(25)42/h4-13,19-20,23-24,32,37H,14-18,21-22H2,1-3H3,(H,38,44)/t23?,24-,32?/m1/s1. The van der Waals surface area contributed by atoms with Crippen molar-refractivity contribution in [2.45, 2.75) is 25.3 Å². The molecule has 3 amide bonds. The third-order valence-corrected chi connectivity index (χ3v) is 9.10. The molecule has 4 aromatic rings. The summed E-state index contributed by atoms with van der Waals surface area (Å²) in [4.78, 5) is 44.4. The number of carbonyl (C=O) groups is 2. The third-order valence-electron chi connectivity index (χ3n) is 8.87. The van der Waals surface area contributed by atoms with Crippen LogP contribution in [0.4, 0.5) is 16.3 Å². The van der Waals surface area contributed by atoms with Crippen LogP contribution in [0.25, 0.3) is 10.9 Å². The van der Waals surface area contributed by atoms with Crippen LogP contribution in [0.3, 0.4) is 0 Å². The average Bonchev–Trinajstić information content (AvgIpc) is 3.47. The molecule has 44 heavy (non-hydrogen) atoms. The van der Waals surface area contributed by atoms with Crippen LogP contribution in [0, 0.1) is 5.92 Å². The van der Waals surface area contributed by atoms with Crippen LogP contribution in [-0.2, 0) is 11.2 Å². The number of nitrogens with one attached hydrogen (secondary N) is 2. The molecule has 0 saturated carbocycles. The Morgan fingerprint density at radius 2 is 1.84 bits per heavy atom. The summed E-state index contributed by atoms with van der Waals surface area (Å²) in [5.41, 5.74) is 3.92. The van der Waals surface area contributed by atoms with Gasteiger partial charge in [0.2, 0.25) is 5.91 Å². The van der Waals surface area contributed by atoms with Gasteiger partial charge in [-0.05, 0) is 74.0 Å². The number of hydrogen-bond acceptors (Lipinski definition) is 5. The van der Waals surface area contributed by atoms with Crippen LogP contribution in [0.5, 0.6) is 0 Å². The molecule has 2 aliphatic rings. The number of nitrogens with zero attached hydrogens (tertiary/aromatic N) is 5. The lowest BCUT2D eigenvalue weighted by Gasteiger charge is -2.40. The molecule has 2 aromatic heterocycles. The van der Waals surface area contributed by atoms with Gasteiger partial charge in [0.05, 0.1) is 0 Å². The van der Waals surface area contributed by atoms with Crippen molar-refractivity contribution in [1.82, 2.24) is 25.1 Å². The van der Waals surface area contributed by atoms with E-state index in [1.807, 2.05) is 72.6 Å². The Balaban J connectivity index is 1.29. The highest BCUT2D eigenvalue weighted by Gasteiger charge is 2.38. The summed E-state index contributed by atoms with van der Waals surface area (Å²) >= 11 is 6.41. The second-order valence-corrected chi connectivity index (χ2v) is 12.7. The average molecular weight is 614 g/mol. The first-order chi connectivity index (χ1) is 21.3. The first kappa shape index (κ1) is 30.0. The Morgan fingerprint density at radius 1 is 1.07 bits per heavy atom. The van der Waals surface area contributed by atoms with Crippen LogP contribution in [0.15, 0.2) is 73.1 Å². The molecular weight excluding hydrogens is 574 g/mol. The van der Waals surface area contributed by atoms with Gasteiger partial charge in [-0.15, -0.1) is 0 Å². The zero-order valence-electron chi connectivity index (χ0n) is 25.5. The molecule has 0 aliphatic carbocycles. The van der Waals surface area contributed by atoms with E-state index in [9.17, 15) is 9.59 Å². The van der Waals surface area contributed by atoms with Gasteiger partial charge in [-0.2, -0.15) is 0 Å². The van der Waals surface area contributed by atoms with Crippen LogP contribution >= 0.6 is 11.6 Å². The van der Waals surface area contributed by atoms with E-state index in [4.69, 9.17) is 11.6 Å². The summed E-state index contributed by atoms with van der Waals surface area (Å²) in [6, 6.07) is 18.7. The Bertz CT molecular complexity index is 1620. The van der Waals surface area contributed by atoms with Crippen molar-refractivity contribution in [2.24, 2.45) is 5.92 Å². The van der Waals surface area contributed by atoms with Crippen LogP contribution in [0.2, 0.25) is 5.02 Å². The Labute approximate surface area is 263 Å². The summed E-state index contributed by atoms with van der Waals surface area (Å²) < 4.78 is 0. The predicted molar refractivity (Wildman–Crippen MR) is 177 cm³/mol. The number of aromatic nitrogens is 2. The van der Waals surface area contributed by atoms with Gasteiger partial charge in [0.15, 0.2) is 0 Å². The number of amides is 3. The predicted octanol–water partition coefficient (Wildman–Crippen LogP) is 4.99. The summed E-state index contributed by atoms with van der Waals surface area (Å²) in [6.07, 6.45) is 4.59. The lowest BCUT2D eigenvalue weighted by Crippen LogP contribution is -2.58. The number of H-pyrrole nitrogens is 1. The molecule has 4 heterocycles. The van der Waals surface area contributed by atoms with Gasteiger partial charge < -0.3 is 29.9 Å². The minimum Gasteiger partial charge on any atom is -0.361 e. The molecular formula is C34H40ClN7O2. The van der Waals surface area contributed by atoms with Crippen LogP contribution < -0.4 is 15.1 Å². The highest BCUT2D eigenvalue weighted by atomic mass is 35.5. The lowest BCUT2D eigenvalue weighted by atomic mass is 9.88. The molecule has 0 bridgehead atoms. The topological polar surface area (TPSA) is 87.8 Å². The Hall–Kier alpha value is -4.08. The molecule has 1 saturated heterocycles. The molecule has 10 heteroatoms. The number of rotatable bonds is 7. The number of hydrogen-bond donors (Lipinski definition) is 2. The highest BCUT2D eigenvalue weighted by molar-refractivity contribution is 6.30. The van der Waals surface area contributed by atoms with E-state index in [-0.39, 0.29) is 23.8 Å².